The summed E-state index contributed by atoms with van der Waals surface area (Å²) in [5, 5.41) is 1.49. The number of ether oxygens (including phenoxy) is 1. The number of benzene rings is 1. The van der Waals surface area contributed by atoms with E-state index in [9.17, 15) is 0 Å². The van der Waals surface area contributed by atoms with Crippen molar-refractivity contribution in [3.63, 3.8) is 0 Å². The molecule has 2 aliphatic rings. The Morgan fingerprint density at radius 1 is 1.09 bits per heavy atom. The van der Waals surface area contributed by atoms with E-state index in [1.54, 1.807) is 0 Å². The number of halogens is 1. The standard InChI is InChI=1S/C19H28ClOP/c1-2-21-16-8-7-13-19(14-16)22(15-20,17-9-3-4-10-17)18-11-5-6-12-18/h7-8,13-15,17-18H,2-6,9-12H2,1H3. The predicted octanol–water partition coefficient (Wildman–Crippen LogP) is 5.97. The van der Waals surface area contributed by atoms with E-state index in [4.69, 9.17) is 16.3 Å². The first-order chi connectivity index (χ1) is 10.8. The lowest BCUT2D eigenvalue weighted by Gasteiger charge is -2.43. The van der Waals surface area contributed by atoms with Crippen molar-refractivity contribution in [3.05, 3.63) is 29.9 Å². The van der Waals surface area contributed by atoms with Gasteiger partial charge < -0.3 is 16.3 Å². The van der Waals surface area contributed by atoms with E-state index in [2.05, 4.69) is 36.8 Å². The van der Waals surface area contributed by atoms with Gasteiger partial charge in [0.05, 0.1) is 11.9 Å². The maximum Gasteiger partial charge on any atom is 0.123 e. The maximum absolute atomic E-state index is 6.63. The molecule has 0 aliphatic heterocycles. The summed E-state index contributed by atoms with van der Waals surface area (Å²) in [5.41, 5.74) is 3.76. The molecule has 0 saturated heterocycles. The first kappa shape index (κ1) is 16.6. The zero-order valence-electron chi connectivity index (χ0n) is 13.6. The van der Waals surface area contributed by atoms with Crippen molar-refractivity contribution in [2.45, 2.75) is 69.6 Å². The van der Waals surface area contributed by atoms with Crippen molar-refractivity contribution in [3.8, 4) is 5.75 Å². The summed E-state index contributed by atoms with van der Waals surface area (Å²) in [6, 6.07) is 8.87. The SMILES string of the molecule is CCOc1cccc([P+]([CH-]Cl)(C2CCCC2)C2CCCC2)c1. The van der Waals surface area contributed by atoms with Crippen LogP contribution in [0.2, 0.25) is 0 Å². The van der Waals surface area contributed by atoms with Gasteiger partial charge in [0, 0.05) is 17.4 Å². The smallest absolute Gasteiger partial charge is 0.123 e. The minimum Gasteiger partial charge on any atom is -0.494 e. The quantitative estimate of drug-likeness (QED) is 0.458. The largest absolute Gasteiger partial charge is 0.494 e. The van der Waals surface area contributed by atoms with Gasteiger partial charge in [-0.25, -0.2) is 0 Å². The van der Waals surface area contributed by atoms with Crippen LogP contribution in [0.1, 0.15) is 58.3 Å². The summed E-state index contributed by atoms with van der Waals surface area (Å²) in [5.74, 6) is 1.01. The lowest BCUT2D eigenvalue weighted by molar-refractivity contribution is 0.340. The minimum absolute atomic E-state index is 0.729. The van der Waals surface area contributed by atoms with Gasteiger partial charge in [0.15, 0.2) is 0 Å². The van der Waals surface area contributed by atoms with E-state index >= 15 is 0 Å². The third-order valence-electron chi connectivity index (χ3n) is 5.60. The molecule has 0 unspecified atom stereocenters. The van der Waals surface area contributed by atoms with E-state index in [-0.39, 0.29) is 0 Å². The minimum atomic E-state index is -1.41. The van der Waals surface area contributed by atoms with Crippen molar-refractivity contribution in [1.29, 1.82) is 0 Å². The molecule has 0 radical (unpaired) electrons. The molecular weight excluding hydrogens is 311 g/mol. The van der Waals surface area contributed by atoms with Crippen LogP contribution in [-0.4, -0.2) is 17.9 Å². The number of hydrogen-bond donors (Lipinski definition) is 0. The van der Waals surface area contributed by atoms with E-state index in [0.29, 0.717) is 0 Å². The van der Waals surface area contributed by atoms with Crippen LogP contribution in [0, 0.1) is 5.62 Å². The summed E-state index contributed by atoms with van der Waals surface area (Å²) in [6.45, 7) is 2.78. The molecule has 2 saturated carbocycles. The normalized spacial score (nSPS) is 20.6. The summed E-state index contributed by atoms with van der Waals surface area (Å²) in [4.78, 5) is 0. The van der Waals surface area contributed by atoms with E-state index < -0.39 is 7.26 Å². The number of rotatable bonds is 6. The molecule has 0 heterocycles. The Kier molecular flexibility index (Phi) is 5.69. The summed E-state index contributed by atoms with van der Waals surface area (Å²) < 4.78 is 5.77. The van der Waals surface area contributed by atoms with Crippen LogP contribution in [0.3, 0.4) is 0 Å². The Morgan fingerprint density at radius 2 is 1.68 bits per heavy atom. The zero-order valence-corrected chi connectivity index (χ0v) is 15.3. The van der Waals surface area contributed by atoms with E-state index in [1.807, 2.05) is 0 Å². The van der Waals surface area contributed by atoms with Crippen molar-refractivity contribution < 1.29 is 4.74 Å². The molecular formula is C19H28ClOP. The van der Waals surface area contributed by atoms with Crippen molar-refractivity contribution >= 4 is 24.2 Å². The summed E-state index contributed by atoms with van der Waals surface area (Å²) >= 11 is 6.63. The van der Waals surface area contributed by atoms with Crippen molar-refractivity contribution in [2.24, 2.45) is 0 Å². The molecule has 22 heavy (non-hydrogen) atoms. The van der Waals surface area contributed by atoms with Gasteiger partial charge in [-0.05, 0) is 70.4 Å². The van der Waals surface area contributed by atoms with Crippen LogP contribution in [0.15, 0.2) is 24.3 Å². The lowest BCUT2D eigenvalue weighted by Crippen LogP contribution is -2.29. The molecule has 1 aromatic carbocycles. The highest BCUT2D eigenvalue weighted by molar-refractivity contribution is 7.87. The van der Waals surface area contributed by atoms with Gasteiger partial charge in [-0.1, -0.05) is 18.9 Å². The lowest BCUT2D eigenvalue weighted by atomic mass is 10.3. The monoisotopic (exact) mass is 338 g/mol. The highest BCUT2D eigenvalue weighted by atomic mass is 35.5. The summed E-state index contributed by atoms with van der Waals surface area (Å²) in [7, 11) is -1.41. The Morgan fingerprint density at radius 3 is 2.18 bits per heavy atom. The van der Waals surface area contributed by atoms with Crippen molar-refractivity contribution in [2.75, 3.05) is 6.61 Å². The van der Waals surface area contributed by atoms with Gasteiger partial charge in [0.25, 0.3) is 0 Å². The maximum atomic E-state index is 6.63. The van der Waals surface area contributed by atoms with Crippen LogP contribution >= 0.6 is 18.9 Å². The van der Waals surface area contributed by atoms with Crippen LogP contribution in [0.5, 0.6) is 5.75 Å². The van der Waals surface area contributed by atoms with E-state index in [1.165, 1.54) is 56.7 Å². The molecule has 0 aromatic heterocycles. The molecule has 3 heteroatoms. The molecule has 1 aromatic rings. The first-order valence-corrected chi connectivity index (χ1v) is 11.3. The molecule has 1 nitrogen and oxygen atoms in total. The second-order valence-corrected chi connectivity index (χ2v) is 11.2. The Hall–Kier alpha value is -0.260. The molecule has 0 spiro atoms. The zero-order chi connectivity index (χ0) is 15.4. The Labute approximate surface area is 141 Å². The van der Waals surface area contributed by atoms with Gasteiger partial charge in [0.2, 0.25) is 0 Å². The highest BCUT2D eigenvalue weighted by Gasteiger charge is 2.48. The second kappa shape index (κ2) is 7.54. The molecule has 0 amide bonds. The third-order valence-corrected chi connectivity index (χ3v) is 11.5. The van der Waals surface area contributed by atoms with Gasteiger partial charge in [0.1, 0.15) is 5.75 Å². The first-order valence-electron chi connectivity index (χ1n) is 8.87. The molecule has 3 rings (SSSR count). The highest BCUT2D eigenvalue weighted by Crippen LogP contribution is 2.75. The fourth-order valence-corrected chi connectivity index (χ4v) is 10.9. The van der Waals surface area contributed by atoms with E-state index in [0.717, 1.165) is 23.7 Å². The predicted molar refractivity (Wildman–Crippen MR) is 98.8 cm³/mol. The fourth-order valence-electron chi connectivity index (χ4n) is 4.58. The van der Waals surface area contributed by atoms with Gasteiger partial charge in [-0.15, -0.1) is 0 Å². The fraction of sp³-hybridized carbons (Fsp3) is 0.632. The molecule has 0 bridgehead atoms. The molecule has 0 N–H and O–H groups in total. The third kappa shape index (κ3) is 3.04. The average Bonchev–Trinajstić information content (AvgIpc) is 3.23. The van der Waals surface area contributed by atoms with Crippen LogP contribution < -0.4 is 10.0 Å². The Bertz CT molecular complexity index is 462. The second-order valence-electron chi connectivity index (χ2n) is 6.74. The topological polar surface area (TPSA) is 9.23 Å². The average molecular weight is 339 g/mol. The van der Waals surface area contributed by atoms with Crippen LogP contribution in [0.25, 0.3) is 0 Å². The molecule has 122 valence electrons. The van der Waals surface area contributed by atoms with Crippen LogP contribution in [-0.2, 0) is 0 Å². The molecule has 2 aliphatic carbocycles. The van der Waals surface area contributed by atoms with Crippen molar-refractivity contribution in [1.82, 2.24) is 0 Å². The molecule has 2 fully saturated rings. The van der Waals surface area contributed by atoms with Crippen LogP contribution in [0.4, 0.5) is 0 Å². The van der Waals surface area contributed by atoms with Gasteiger partial charge >= 0.3 is 0 Å². The Balaban J connectivity index is 2.01. The van der Waals surface area contributed by atoms with Gasteiger partial charge in [-0.3, -0.25) is 0 Å². The summed E-state index contributed by atoms with van der Waals surface area (Å²) in [6.07, 6.45) is 11.0. The number of hydrogen-bond acceptors (Lipinski definition) is 1. The van der Waals surface area contributed by atoms with Gasteiger partial charge in [-0.2, -0.15) is 0 Å². The molecule has 0 atom stereocenters.